The van der Waals surface area contributed by atoms with Gasteiger partial charge in [-0.05, 0) is 13.3 Å². The average molecular weight is 274 g/mol. The molecule has 0 fully saturated rings. The second-order valence-electron chi connectivity index (χ2n) is 4.50. The van der Waals surface area contributed by atoms with Crippen molar-refractivity contribution in [1.82, 2.24) is 10.6 Å². The van der Waals surface area contributed by atoms with Gasteiger partial charge in [0.05, 0.1) is 6.42 Å². The lowest BCUT2D eigenvalue weighted by molar-refractivity contribution is -0.145. The number of nitrogens with one attached hydrogen (secondary N) is 2. The van der Waals surface area contributed by atoms with E-state index in [1.54, 1.807) is 0 Å². The number of hydrogen-bond acceptors (Lipinski definition) is 3. The van der Waals surface area contributed by atoms with Crippen LogP contribution in [0.3, 0.4) is 0 Å². The van der Waals surface area contributed by atoms with Crippen molar-refractivity contribution < 1.29 is 24.6 Å². The number of carbonyl (C=O) groups excluding carboxylic acids is 1. The third-order valence-corrected chi connectivity index (χ3v) is 2.60. The minimum atomic E-state index is -1.42. The molecule has 19 heavy (non-hydrogen) atoms. The Balaban J connectivity index is 4.11. The van der Waals surface area contributed by atoms with Gasteiger partial charge in [-0.2, -0.15) is 0 Å². The van der Waals surface area contributed by atoms with E-state index in [-0.39, 0.29) is 6.04 Å². The van der Waals surface area contributed by atoms with Crippen molar-refractivity contribution in [3.63, 3.8) is 0 Å². The van der Waals surface area contributed by atoms with Crippen LogP contribution in [0.5, 0.6) is 0 Å². The fourth-order valence-electron chi connectivity index (χ4n) is 1.57. The first-order chi connectivity index (χ1) is 8.86. The van der Waals surface area contributed by atoms with Gasteiger partial charge in [-0.25, -0.2) is 9.59 Å². The second-order valence-corrected chi connectivity index (χ2v) is 4.50. The predicted molar refractivity (Wildman–Crippen MR) is 68.9 cm³/mol. The minimum Gasteiger partial charge on any atom is -0.481 e. The largest absolute Gasteiger partial charge is 0.481 e. The van der Waals surface area contributed by atoms with Crippen LogP contribution in [0.4, 0.5) is 4.79 Å². The quantitative estimate of drug-likeness (QED) is 0.471. The molecule has 0 aromatic rings. The van der Waals surface area contributed by atoms with Gasteiger partial charge in [-0.15, -0.1) is 0 Å². The van der Waals surface area contributed by atoms with E-state index in [4.69, 9.17) is 10.2 Å². The zero-order valence-corrected chi connectivity index (χ0v) is 11.3. The summed E-state index contributed by atoms with van der Waals surface area (Å²) in [6.45, 7) is 3.90. The number of urea groups is 1. The molecular formula is C12H22N2O5. The van der Waals surface area contributed by atoms with Crippen LogP contribution in [-0.4, -0.2) is 40.3 Å². The van der Waals surface area contributed by atoms with Gasteiger partial charge in [-0.3, -0.25) is 4.79 Å². The van der Waals surface area contributed by atoms with Crippen LogP contribution in [-0.2, 0) is 9.59 Å². The van der Waals surface area contributed by atoms with Gasteiger partial charge in [0, 0.05) is 6.04 Å². The molecule has 0 rings (SSSR count). The molecule has 0 bridgehead atoms. The summed E-state index contributed by atoms with van der Waals surface area (Å²) in [5, 5.41) is 22.0. The van der Waals surface area contributed by atoms with Crippen LogP contribution in [0.25, 0.3) is 0 Å². The third-order valence-electron chi connectivity index (χ3n) is 2.60. The summed E-state index contributed by atoms with van der Waals surface area (Å²) < 4.78 is 0. The Hall–Kier alpha value is -1.79. The standard InChI is InChI=1S/C12H22N2O5/c1-3-4-5-6-8(2)13-12(19)14-9(11(17)18)7-10(15)16/h8-9H,3-7H2,1-2H3,(H,15,16)(H,17,18)(H2,13,14,19)/t8?,9-/m0/s1. The molecule has 7 heteroatoms. The van der Waals surface area contributed by atoms with Gasteiger partial charge in [0.1, 0.15) is 6.04 Å². The normalized spacial score (nSPS) is 13.4. The van der Waals surface area contributed by atoms with Crippen molar-refractivity contribution in [2.45, 2.75) is 58.0 Å². The van der Waals surface area contributed by atoms with Gasteiger partial charge < -0.3 is 20.8 Å². The van der Waals surface area contributed by atoms with E-state index >= 15 is 0 Å². The summed E-state index contributed by atoms with van der Waals surface area (Å²) >= 11 is 0. The molecule has 0 aliphatic carbocycles. The highest BCUT2D eigenvalue weighted by molar-refractivity contribution is 5.86. The highest BCUT2D eigenvalue weighted by Crippen LogP contribution is 2.02. The van der Waals surface area contributed by atoms with Crippen molar-refractivity contribution in [3.8, 4) is 0 Å². The van der Waals surface area contributed by atoms with Gasteiger partial charge in [-0.1, -0.05) is 26.2 Å². The second kappa shape index (κ2) is 9.18. The van der Waals surface area contributed by atoms with Crippen molar-refractivity contribution in [2.24, 2.45) is 0 Å². The summed E-state index contributed by atoms with van der Waals surface area (Å²) in [5.41, 5.74) is 0. The highest BCUT2D eigenvalue weighted by Gasteiger charge is 2.23. The van der Waals surface area contributed by atoms with Crippen LogP contribution >= 0.6 is 0 Å². The first-order valence-electron chi connectivity index (χ1n) is 6.38. The van der Waals surface area contributed by atoms with Crippen molar-refractivity contribution >= 4 is 18.0 Å². The van der Waals surface area contributed by atoms with Crippen LogP contribution in [0.15, 0.2) is 0 Å². The van der Waals surface area contributed by atoms with E-state index < -0.39 is 30.4 Å². The fourth-order valence-corrected chi connectivity index (χ4v) is 1.57. The number of carboxylic acid groups (broad SMARTS) is 2. The lowest BCUT2D eigenvalue weighted by atomic mass is 10.1. The summed E-state index contributed by atoms with van der Waals surface area (Å²) in [6, 6.07) is -2.15. The first-order valence-corrected chi connectivity index (χ1v) is 6.38. The third kappa shape index (κ3) is 8.87. The lowest BCUT2D eigenvalue weighted by Gasteiger charge is -2.17. The molecule has 0 aromatic heterocycles. The zero-order chi connectivity index (χ0) is 14.8. The fraction of sp³-hybridized carbons (Fsp3) is 0.750. The SMILES string of the molecule is CCCCCC(C)NC(=O)N[C@@H](CC(=O)O)C(=O)O. The summed E-state index contributed by atoms with van der Waals surface area (Å²) in [7, 11) is 0. The Kier molecular flexibility index (Phi) is 8.32. The minimum absolute atomic E-state index is 0.0779. The molecule has 110 valence electrons. The first kappa shape index (κ1) is 17.2. The van der Waals surface area contributed by atoms with E-state index in [0.717, 1.165) is 25.7 Å². The molecule has 7 nitrogen and oxygen atoms in total. The van der Waals surface area contributed by atoms with E-state index in [2.05, 4.69) is 17.6 Å². The maximum Gasteiger partial charge on any atom is 0.326 e. The molecular weight excluding hydrogens is 252 g/mol. The summed E-state index contributed by atoms with van der Waals surface area (Å²) in [6.07, 6.45) is 3.29. The molecule has 0 aliphatic heterocycles. The molecule has 0 heterocycles. The Bertz CT molecular complexity index is 319. The van der Waals surface area contributed by atoms with E-state index in [9.17, 15) is 14.4 Å². The molecule has 0 spiro atoms. The maximum absolute atomic E-state index is 11.5. The smallest absolute Gasteiger partial charge is 0.326 e. The number of unbranched alkanes of at least 4 members (excludes halogenated alkanes) is 2. The molecule has 0 saturated carbocycles. The molecule has 0 radical (unpaired) electrons. The zero-order valence-electron chi connectivity index (χ0n) is 11.3. The van der Waals surface area contributed by atoms with Gasteiger partial charge >= 0.3 is 18.0 Å². The lowest BCUT2D eigenvalue weighted by Crippen LogP contribution is -2.49. The van der Waals surface area contributed by atoms with Crippen molar-refractivity contribution in [2.75, 3.05) is 0 Å². The average Bonchev–Trinajstić information content (AvgIpc) is 2.27. The van der Waals surface area contributed by atoms with Gasteiger partial charge in [0.15, 0.2) is 0 Å². The molecule has 1 unspecified atom stereocenters. The van der Waals surface area contributed by atoms with Crippen molar-refractivity contribution in [1.29, 1.82) is 0 Å². The molecule has 4 N–H and O–H groups in total. The Morgan fingerprint density at radius 2 is 1.74 bits per heavy atom. The number of carboxylic acids is 2. The molecule has 2 atom stereocenters. The molecule has 0 saturated heterocycles. The monoisotopic (exact) mass is 274 g/mol. The molecule has 0 aromatic carbocycles. The number of carbonyl (C=O) groups is 3. The molecule has 2 amide bonds. The van der Waals surface area contributed by atoms with Crippen molar-refractivity contribution in [3.05, 3.63) is 0 Å². The summed E-state index contributed by atoms with van der Waals surface area (Å²) in [4.78, 5) is 32.7. The number of amides is 2. The van der Waals surface area contributed by atoms with Crippen LogP contribution in [0.1, 0.15) is 46.0 Å². The van der Waals surface area contributed by atoms with E-state index in [0.29, 0.717) is 0 Å². The van der Waals surface area contributed by atoms with Crippen LogP contribution in [0, 0.1) is 0 Å². The maximum atomic E-state index is 11.5. The summed E-state index contributed by atoms with van der Waals surface area (Å²) in [5.74, 6) is -2.64. The Labute approximate surface area is 112 Å². The van der Waals surface area contributed by atoms with Gasteiger partial charge in [0.2, 0.25) is 0 Å². The van der Waals surface area contributed by atoms with E-state index in [1.165, 1.54) is 0 Å². The topological polar surface area (TPSA) is 116 Å². The number of aliphatic carboxylic acids is 2. The Morgan fingerprint density at radius 1 is 1.11 bits per heavy atom. The van der Waals surface area contributed by atoms with Crippen LogP contribution < -0.4 is 10.6 Å². The van der Waals surface area contributed by atoms with Gasteiger partial charge in [0.25, 0.3) is 0 Å². The molecule has 0 aliphatic rings. The van der Waals surface area contributed by atoms with Crippen LogP contribution in [0.2, 0.25) is 0 Å². The number of hydrogen-bond donors (Lipinski definition) is 4. The highest BCUT2D eigenvalue weighted by atomic mass is 16.4. The van der Waals surface area contributed by atoms with E-state index in [1.807, 2.05) is 6.92 Å². The number of rotatable bonds is 9. The Morgan fingerprint density at radius 3 is 2.21 bits per heavy atom. The predicted octanol–water partition coefficient (Wildman–Crippen LogP) is 1.18.